The maximum absolute atomic E-state index is 11.8. The largest absolute Gasteiger partial charge is 0.481 e. The first-order valence-electron chi connectivity index (χ1n) is 18.4. The first kappa shape index (κ1) is 46.3. The topological polar surface area (TPSA) is 293 Å². The van der Waals surface area contributed by atoms with Crippen LogP contribution in [0, 0.1) is 18.3 Å². The molecule has 3 fully saturated rings. The van der Waals surface area contributed by atoms with Crippen LogP contribution in [0.25, 0.3) is 0 Å². The molecule has 0 bridgehead atoms. The highest BCUT2D eigenvalue weighted by Crippen LogP contribution is 2.33. The van der Waals surface area contributed by atoms with E-state index in [4.69, 9.17) is 44.7 Å². The first-order chi connectivity index (χ1) is 25.8. The molecule has 0 aromatic heterocycles. The van der Waals surface area contributed by atoms with Crippen LogP contribution < -0.4 is 5.32 Å². The minimum absolute atomic E-state index is 0.00856. The van der Waals surface area contributed by atoms with Gasteiger partial charge >= 0.3 is 5.97 Å². The van der Waals surface area contributed by atoms with Gasteiger partial charge in [-0.2, -0.15) is 0 Å². The van der Waals surface area contributed by atoms with Crippen LogP contribution in [0.2, 0.25) is 0 Å². The molecule has 3 rings (SSSR count). The summed E-state index contributed by atoms with van der Waals surface area (Å²) in [5.74, 6) is 0.526. The first-order valence-corrected chi connectivity index (χ1v) is 18.4. The van der Waals surface area contributed by atoms with Gasteiger partial charge in [-0.05, 0) is 32.1 Å². The summed E-state index contributed by atoms with van der Waals surface area (Å²) in [7, 11) is 1.28. The zero-order chi connectivity index (χ0) is 39.8. The highest BCUT2D eigenvalue weighted by Gasteiger charge is 2.49. The molecule has 0 radical (unpaired) electrons. The molecular formula is C35H59NO18. The molecule has 1 saturated carbocycles. The van der Waals surface area contributed by atoms with Gasteiger partial charge in [-0.1, -0.05) is 18.8 Å². The lowest BCUT2D eigenvalue weighted by Gasteiger charge is -2.45. The van der Waals surface area contributed by atoms with E-state index in [1.54, 1.807) is 0 Å². The summed E-state index contributed by atoms with van der Waals surface area (Å²) in [6.45, 7) is -0.802. The molecule has 19 nitrogen and oxygen atoms in total. The van der Waals surface area contributed by atoms with E-state index in [-0.39, 0.29) is 58.1 Å². The number of aliphatic carboxylic acids is 1. The number of hydrogen-bond donors (Lipinski definition) is 10. The van der Waals surface area contributed by atoms with Crippen LogP contribution in [-0.4, -0.2) is 190 Å². The van der Waals surface area contributed by atoms with Crippen molar-refractivity contribution in [1.82, 2.24) is 5.32 Å². The number of nitrogens with one attached hydrogen (secondary N) is 1. The minimum atomic E-state index is -1.69. The van der Waals surface area contributed by atoms with E-state index in [0.29, 0.717) is 38.5 Å². The molecule has 1 aliphatic carbocycles. The lowest BCUT2D eigenvalue weighted by atomic mass is 9.80. The monoisotopic (exact) mass is 781 g/mol. The molecule has 0 unspecified atom stereocenters. The van der Waals surface area contributed by atoms with E-state index in [0.717, 1.165) is 0 Å². The minimum Gasteiger partial charge on any atom is -0.481 e. The van der Waals surface area contributed by atoms with Crippen molar-refractivity contribution in [3.63, 3.8) is 0 Å². The molecule has 0 aromatic carbocycles. The normalized spacial score (nSPS) is 37.1. The zero-order valence-corrected chi connectivity index (χ0v) is 30.5. The van der Waals surface area contributed by atoms with Gasteiger partial charge in [-0.3, -0.25) is 9.59 Å². The Balaban J connectivity index is 1.66. The third kappa shape index (κ3) is 13.5. The van der Waals surface area contributed by atoms with E-state index in [1.165, 1.54) is 7.11 Å². The van der Waals surface area contributed by atoms with Gasteiger partial charge in [0.05, 0.1) is 38.6 Å². The molecule has 3 aliphatic rings. The average molecular weight is 782 g/mol. The summed E-state index contributed by atoms with van der Waals surface area (Å²) in [5.41, 5.74) is 0. The van der Waals surface area contributed by atoms with E-state index < -0.39 is 104 Å². The highest BCUT2D eigenvalue weighted by atomic mass is 16.7. The molecule has 19 heteroatoms. The van der Waals surface area contributed by atoms with E-state index in [9.17, 15) is 50.4 Å². The molecule has 0 spiro atoms. The van der Waals surface area contributed by atoms with Crippen molar-refractivity contribution in [1.29, 1.82) is 0 Å². The van der Waals surface area contributed by atoms with Crippen molar-refractivity contribution >= 4 is 11.9 Å². The Hall–Kier alpha value is -2.10. The number of hydrogen-bond acceptors (Lipinski definition) is 17. The standard InChI is InChI=1S/C35H59NO18/c1-3-12-36-23(38)10-6-4-8-14-50-33-22(54-34(48-2)31(47)29(33)45)18-51-20-15-19(17-52-35-30(46)27(43)26(42)21(16-37)53-35)32(28(44)25(20)41)49-13-9-5-7-11-24(39)40/h1,19-22,25-35,37,41-47H,4-18H2,2H3,(H,36,38)(H,39,40)/t19-,20+,21-,22-,25+,26-,27-,28+,29+,30-,31-,32-,33-,34+,35+/m1/s1. The summed E-state index contributed by atoms with van der Waals surface area (Å²) in [5, 5.41) is 95.8. The number of ether oxygens (including phenoxy) is 7. The molecule has 1 amide bonds. The SMILES string of the molecule is C#CCNC(=O)CCCCCO[C@H]1[C@@H](O)[C@@H](O)[C@@H](OC)O[C@@H]1CO[C@H]1C[C@H](CO[C@H]2O[C@H](CO)[C@@H](O)[C@@H](O)[C@H]2O)[C@@H](OCCCCCC(=O)O)[C@@H](O)[C@H]1O. The van der Waals surface area contributed by atoms with Crippen molar-refractivity contribution in [3.05, 3.63) is 0 Å². The summed E-state index contributed by atoms with van der Waals surface area (Å²) >= 11 is 0. The van der Waals surface area contributed by atoms with Crippen molar-refractivity contribution in [2.45, 2.75) is 144 Å². The van der Waals surface area contributed by atoms with Gasteiger partial charge in [-0.15, -0.1) is 6.42 Å². The van der Waals surface area contributed by atoms with Gasteiger partial charge in [0.25, 0.3) is 0 Å². The number of carboxylic acid groups (broad SMARTS) is 1. The smallest absolute Gasteiger partial charge is 0.303 e. The second-order valence-electron chi connectivity index (χ2n) is 13.8. The fraction of sp³-hybridized carbons (Fsp3) is 0.886. The quantitative estimate of drug-likeness (QED) is 0.0360. The lowest BCUT2D eigenvalue weighted by Crippen LogP contribution is -2.61. The lowest BCUT2D eigenvalue weighted by molar-refractivity contribution is -0.312. The molecule has 15 atom stereocenters. The molecule has 0 aromatic rings. The maximum Gasteiger partial charge on any atom is 0.303 e. The maximum atomic E-state index is 11.8. The second-order valence-corrected chi connectivity index (χ2v) is 13.8. The van der Waals surface area contributed by atoms with Crippen LogP contribution >= 0.6 is 0 Å². The van der Waals surface area contributed by atoms with Crippen molar-refractivity contribution in [2.75, 3.05) is 46.7 Å². The number of aliphatic hydroxyl groups excluding tert-OH is 8. The molecule has 2 heterocycles. The fourth-order valence-corrected chi connectivity index (χ4v) is 6.71. The van der Waals surface area contributed by atoms with E-state index >= 15 is 0 Å². The summed E-state index contributed by atoms with van der Waals surface area (Å²) in [6, 6.07) is 0. The van der Waals surface area contributed by atoms with Crippen molar-refractivity contribution in [2.24, 2.45) is 5.92 Å². The predicted molar refractivity (Wildman–Crippen MR) is 183 cm³/mol. The second kappa shape index (κ2) is 23.8. The Labute approximate surface area is 314 Å². The van der Waals surface area contributed by atoms with Gasteiger partial charge in [0.1, 0.15) is 61.0 Å². The van der Waals surface area contributed by atoms with E-state index in [2.05, 4.69) is 11.2 Å². The summed E-state index contributed by atoms with van der Waals surface area (Å²) < 4.78 is 40.3. The van der Waals surface area contributed by atoms with Crippen LogP contribution in [-0.2, 0) is 42.7 Å². The molecule has 312 valence electrons. The molecular weight excluding hydrogens is 722 g/mol. The summed E-state index contributed by atoms with van der Waals surface area (Å²) in [6.07, 6.45) is -10.4. The van der Waals surface area contributed by atoms with Crippen LogP contribution in [0.1, 0.15) is 57.8 Å². The number of unbranched alkanes of at least 4 members (excludes halogenated alkanes) is 4. The van der Waals surface area contributed by atoms with Gasteiger partial charge in [0, 0.05) is 39.1 Å². The summed E-state index contributed by atoms with van der Waals surface area (Å²) in [4.78, 5) is 22.6. The Kier molecular flexibility index (Phi) is 20.4. The number of aliphatic hydroxyl groups is 8. The third-order valence-corrected chi connectivity index (χ3v) is 9.83. The fourth-order valence-electron chi connectivity index (χ4n) is 6.71. The van der Waals surface area contributed by atoms with Crippen LogP contribution in [0.3, 0.4) is 0 Å². The average Bonchev–Trinajstić information content (AvgIpc) is 3.15. The van der Waals surface area contributed by atoms with Gasteiger partial charge < -0.3 is 84.4 Å². The van der Waals surface area contributed by atoms with Gasteiger partial charge in [0.15, 0.2) is 12.6 Å². The number of carbonyl (C=O) groups excluding carboxylic acids is 1. The number of amides is 1. The molecule has 2 aliphatic heterocycles. The highest BCUT2D eigenvalue weighted by molar-refractivity contribution is 5.76. The Bertz CT molecular complexity index is 1140. The number of carboxylic acids is 1. The molecule has 10 N–H and O–H groups in total. The predicted octanol–water partition coefficient (Wildman–Crippen LogP) is -3.25. The zero-order valence-electron chi connectivity index (χ0n) is 30.5. The molecule has 2 saturated heterocycles. The number of carbonyl (C=O) groups is 2. The number of rotatable bonds is 23. The Morgan fingerprint density at radius 1 is 0.704 bits per heavy atom. The van der Waals surface area contributed by atoms with E-state index in [1.807, 2.05) is 0 Å². The third-order valence-electron chi connectivity index (χ3n) is 9.83. The van der Waals surface area contributed by atoms with Gasteiger partial charge in [-0.25, -0.2) is 0 Å². The molecule has 54 heavy (non-hydrogen) atoms. The Morgan fingerprint density at radius 3 is 1.94 bits per heavy atom. The van der Waals surface area contributed by atoms with Crippen LogP contribution in [0.5, 0.6) is 0 Å². The van der Waals surface area contributed by atoms with Crippen molar-refractivity contribution in [3.8, 4) is 12.3 Å². The van der Waals surface area contributed by atoms with Crippen molar-refractivity contribution < 1.29 is 88.7 Å². The number of methoxy groups -OCH3 is 1. The number of terminal acetylenes is 1. The van der Waals surface area contributed by atoms with Crippen LogP contribution in [0.15, 0.2) is 0 Å². The Morgan fingerprint density at radius 2 is 1.31 bits per heavy atom. The van der Waals surface area contributed by atoms with Gasteiger partial charge in [0.2, 0.25) is 5.91 Å². The van der Waals surface area contributed by atoms with Crippen LogP contribution in [0.4, 0.5) is 0 Å².